The van der Waals surface area contributed by atoms with Crippen molar-refractivity contribution in [3.05, 3.63) is 35.4 Å². The summed E-state index contributed by atoms with van der Waals surface area (Å²) in [7, 11) is -3.76. The normalized spacial score (nSPS) is 21.4. The van der Waals surface area contributed by atoms with Crippen LogP contribution in [0.15, 0.2) is 24.3 Å². The van der Waals surface area contributed by atoms with Crippen molar-refractivity contribution in [1.29, 1.82) is 0 Å². The van der Waals surface area contributed by atoms with Crippen molar-refractivity contribution >= 4 is 21.5 Å². The van der Waals surface area contributed by atoms with E-state index in [4.69, 9.17) is 4.74 Å². The van der Waals surface area contributed by atoms with E-state index in [1.165, 1.54) is 0 Å². The molecule has 1 heterocycles. The molecule has 29 heavy (non-hydrogen) atoms. The van der Waals surface area contributed by atoms with Crippen LogP contribution in [-0.2, 0) is 35.3 Å². The fourth-order valence-corrected chi connectivity index (χ4v) is 5.31. The van der Waals surface area contributed by atoms with Crippen LogP contribution in [0.2, 0.25) is 0 Å². The van der Waals surface area contributed by atoms with Gasteiger partial charge >= 0.3 is 0 Å². The number of hydrogen-bond acceptors (Lipinski definition) is 5. The number of carbonyl (C=O) groups is 2. The highest BCUT2D eigenvalue weighted by molar-refractivity contribution is 7.92. The Morgan fingerprint density at radius 1 is 1.21 bits per heavy atom. The number of Topliss-reactive ketones (excluding diaryl/α,β-unsaturated/α-hetero) is 1. The van der Waals surface area contributed by atoms with Gasteiger partial charge in [0.1, 0.15) is 17.9 Å². The van der Waals surface area contributed by atoms with E-state index in [0.29, 0.717) is 5.56 Å². The lowest BCUT2D eigenvalue weighted by Crippen LogP contribution is -2.50. The van der Waals surface area contributed by atoms with Gasteiger partial charge in [0.2, 0.25) is 5.91 Å². The third-order valence-electron chi connectivity index (χ3n) is 5.20. The molecule has 1 amide bonds. The monoisotopic (exact) mass is 423 g/mol. The van der Waals surface area contributed by atoms with Crippen LogP contribution in [0, 0.1) is 5.92 Å². The van der Waals surface area contributed by atoms with Gasteiger partial charge in [-0.15, -0.1) is 0 Å². The molecular weight excluding hydrogens is 390 g/mol. The van der Waals surface area contributed by atoms with Gasteiger partial charge in [0.05, 0.1) is 11.9 Å². The van der Waals surface area contributed by atoms with E-state index in [9.17, 15) is 18.0 Å². The minimum absolute atomic E-state index is 0.0109. The molecule has 0 saturated carbocycles. The second kappa shape index (κ2) is 8.96. The zero-order valence-corrected chi connectivity index (χ0v) is 19.0. The van der Waals surface area contributed by atoms with E-state index < -0.39 is 33.1 Å². The Kier molecular flexibility index (Phi) is 7.28. The Balaban J connectivity index is 2.21. The molecule has 1 fully saturated rings. The maximum atomic E-state index is 13.1. The molecule has 162 valence electrons. The lowest BCUT2D eigenvalue weighted by atomic mass is 9.87. The summed E-state index contributed by atoms with van der Waals surface area (Å²) in [6.07, 6.45) is -0.261. The summed E-state index contributed by atoms with van der Waals surface area (Å²) in [5.41, 5.74) is 1.74. The summed E-state index contributed by atoms with van der Waals surface area (Å²) in [5, 5.41) is 1.41. The lowest BCUT2D eigenvalue weighted by molar-refractivity contribution is -0.126. The predicted molar refractivity (Wildman–Crippen MR) is 113 cm³/mol. The van der Waals surface area contributed by atoms with Crippen molar-refractivity contribution in [3.8, 4) is 0 Å². The van der Waals surface area contributed by atoms with Crippen LogP contribution in [-0.4, -0.2) is 44.1 Å². The number of carbonyl (C=O) groups excluding carboxylic acids is 2. The van der Waals surface area contributed by atoms with Crippen LogP contribution in [0.3, 0.4) is 0 Å². The molecule has 3 atom stereocenters. The second-order valence-corrected chi connectivity index (χ2v) is 11.5. The number of amides is 1. The molecule has 1 N–H and O–H groups in total. The summed E-state index contributed by atoms with van der Waals surface area (Å²) in [6, 6.07) is 6.67. The van der Waals surface area contributed by atoms with E-state index in [-0.39, 0.29) is 35.9 Å². The van der Waals surface area contributed by atoms with Gasteiger partial charge in [0, 0.05) is 0 Å². The van der Waals surface area contributed by atoms with E-state index in [1.54, 1.807) is 19.1 Å². The Bertz CT molecular complexity index is 837. The fraction of sp³-hybridized carbons (Fsp3) is 0.636. The molecule has 1 saturated heterocycles. The second-order valence-electron chi connectivity index (χ2n) is 9.34. The van der Waals surface area contributed by atoms with E-state index in [0.717, 1.165) is 5.56 Å². The van der Waals surface area contributed by atoms with Crippen LogP contribution in [0.4, 0.5) is 0 Å². The number of sulfone groups is 1. The largest absolute Gasteiger partial charge is 0.368 e. The first kappa shape index (κ1) is 23.5. The molecular formula is C22H33NO5S. The predicted octanol–water partition coefficient (Wildman–Crippen LogP) is 2.79. The molecule has 1 aliphatic rings. The number of nitrogens with one attached hydrogen (secondary N) is 1. The van der Waals surface area contributed by atoms with E-state index in [2.05, 4.69) is 26.1 Å². The summed E-state index contributed by atoms with van der Waals surface area (Å²) in [5.74, 6) is -1.06. The summed E-state index contributed by atoms with van der Waals surface area (Å²) < 4.78 is 31.5. The van der Waals surface area contributed by atoms with Crippen LogP contribution < -0.4 is 5.32 Å². The molecule has 0 aromatic heterocycles. The van der Waals surface area contributed by atoms with Crippen molar-refractivity contribution in [3.63, 3.8) is 0 Å². The third-order valence-corrected chi connectivity index (χ3v) is 7.21. The molecule has 7 heteroatoms. The van der Waals surface area contributed by atoms with Gasteiger partial charge in [-0.05, 0) is 35.8 Å². The summed E-state index contributed by atoms with van der Waals surface area (Å²) in [6.45, 7) is 11.7. The van der Waals surface area contributed by atoms with Gasteiger partial charge in [-0.2, -0.15) is 0 Å². The molecule has 1 aromatic carbocycles. The maximum absolute atomic E-state index is 13.1. The standard InChI is InChI=1S/C22H33NO5S/c1-14(2)11-19(21(25)23-20-15(3)28-12-18(20)24)29(26,27)13-16-7-9-17(10-8-16)22(4,5)6/h7-10,14-15,19-20H,11-13H2,1-6H3,(H,23,25)/t15-,19-,20+/m1/s1. The lowest BCUT2D eigenvalue weighted by Gasteiger charge is -2.23. The molecule has 0 radical (unpaired) electrons. The highest BCUT2D eigenvalue weighted by Gasteiger charge is 2.39. The average molecular weight is 424 g/mol. The minimum Gasteiger partial charge on any atom is -0.368 e. The smallest absolute Gasteiger partial charge is 0.239 e. The molecule has 0 unspecified atom stereocenters. The summed E-state index contributed by atoms with van der Waals surface area (Å²) in [4.78, 5) is 24.8. The quantitative estimate of drug-likeness (QED) is 0.728. The fourth-order valence-electron chi connectivity index (χ4n) is 3.38. The molecule has 0 bridgehead atoms. The topological polar surface area (TPSA) is 89.5 Å². The van der Waals surface area contributed by atoms with Crippen molar-refractivity contribution in [1.82, 2.24) is 5.32 Å². The Morgan fingerprint density at radius 3 is 2.24 bits per heavy atom. The molecule has 0 spiro atoms. The molecule has 2 rings (SSSR count). The van der Waals surface area contributed by atoms with Gasteiger partial charge in [-0.25, -0.2) is 8.42 Å². The van der Waals surface area contributed by atoms with Gasteiger partial charge in [-0.1, -0.05) is 58.9 Å². The molecule has 1 aliphatic heterocycles. The number of benzene rings is 1. The van der Waals surface area contributed by atoms with Gasteiger partial charge in [-0.3, -0.25) is 9.59 Å². The maximum Gasteiger partial charge on any atom is 0.239 e. The van der Waals surface area contributed by atoms with Crippen molar-refractivity contribution in [2.24, 2.45) is 5.92 Å². The highest BCUT2D eigenvalue weighted by Crippen LogP contribution is 2.24. The van der Waals surface area contributed by atoms with E-state index >= 15 is 0 Å². The Labute approximate surface area is 174 Å². The first-order chi connectivity index (χ1) is 13.3. The van der Waals surface area contributed by atoms with Gasteiger partial charge < -0.3 is 10.1 Å². The first-order valence-corrected chi connectivity index (χ1v) is 11.8. The number of hydrogen-bond donors (Lipinski definition) is 1. The molecule has 0 aliphatic carbocycles. The van der Waals surface area contributed by atoms with Crippen LogP contribution in [0.5, 0.6) is 0 Å². The van der Waals surface area contributed by atoms with Crippen molar-refractivity contribution in [2.45, 2.75) is 76.5 Å². The Morgan fingerprint density at radius 2 is 1.79 bits per heavy atom. The minimum atomic E-state index is -3.76. The van der Waals surface area contributed by atoms with Gasteiger partial charge in [0.15, 0.2) is 15.6 Å². The van der Waals surface area contributed by atoms with E-state index in [1.807, 2.05) is 26.0 Å². The number of rotatable bonds is 7. The van der Waals surface area contributed by atoms with Crippen molar-refractivity contribution in [2.75, 3.05) is 6.61 Å². The number of ether oxygens (including phenoxy) is 1. The highest BCUT2D eigenvalue weighted by atomic mass is 32.2. The van der Waals surface area contributed by atoms with Crippen molar-refractivity contribution < 1.29 is 22.7 Å². The summed E-state index contributed by atoms with van der Waals surface area (Å²) >= 11 is 0. The SMILES string of the molecule is CC(C)C[C@H](C(=O)N[C@@H]1C(=O)CO[C@@H]1C)S(=O)(=O)Cc1ccc(C(C)(C)C)cc1. The van der Waals surface area contributed by atoms with Gasteiger partial charge in [0.25, 0.3) is 0 Å². The molecule has 6 nitrogen and oxygen atoms in total. The third kappa shape index (κ3) is 6.12. The molecule has 1 aromatic rings. The zero-order valence-electron chi connectivity index (χ0n) is 18.2. The number of ketones is 1. The first-order valence-electron chi connectivity index (χ1n) is 10.1. The Hall–Kier alpha value is -1.73. The van der Waals surface area contributed by atoms with Crippen LogP contribution in [0.25, 0.3) is 0 Å². The van der Waals surface area contributed by atoms with Crippen LogP contribution >= 0.6 is 0 Å². The average Bonchev–Trinajstić information content (AvgIpc) is 2.90. The zero-order chi connectivity index (χ0) is 22.0. The van der Waals surface area contributed by atoms with Crippen LogP contribution in [0.1, 0.15) is 59.1 Å².